The Morgan fingerprint density at radius 1 is 0.949 bits per heavy atom. The summed E-state index contributed by atoms with van der Waals surface area (Å²) in [6, 6.07) is 8.86. The molecule has 5 aliphatic heterocycles. The Labute approximate surface area is 233 Å². The molecule has 1 N–H and O–H groups in total. The lowest BCUT2D eigenvalue weighted by Crippen LogP contribution is -2.54. The largest absolute Gasteiger partial charge is 0.396 e. The zero-order chi connectivity index (χ0) is 27.0. The number of morpholine rings is 1. The molecule has 0 aliphatic carbocycles. The van der Waals surface area contributed by atoms with Gasteiger partial charge in [-0.25, -0.2) is 0 Å². The van der Waals surface area contributed by atoms with Gasteiger partial charge in [0.15, 0.2) is 0 Å². The number of amides is 3. The summed E-state index contributed by atoms with van der Waals surface area (Å²) in [5.41, 5.74) is 0.805. The summed E-state index contributed by atoms with van der Waals surface area (Å²) >= 11 is 1.60. The molecule has 6 rings (SSSR count). The van der Waals surface area contributed by atoms with E-state index in [1.54, 1.807) is 21.6 Å². The van der Waals surface area contributed by atoms with E-state index >= 15 is 0 Å². The first-order valence-corrected chi connectivity index (χ1v) is 14.8. The highest BCUT2D eigenvalue weighted by Crippen LogP contribution is 2.61. The monoisotopic (exact) mass is 552 g/mol. The number of rotatable bonds is 7. The van der Waals surface area contributed by atoms with Crippen LogP contribution in [0.1, 0.15) is 6.42 Å². The van der Waals surface area contributed by atoms with Gasteiger partial charge in [-0.15, -0.1) is 11.8 Å². The maximum atomic E-state index is 14.3. The first kappa shape index (κ1) is 26.6. The van der Waals surface area contributed by atoms with Crippen LogP contribution in [0.15, 0.2) is 54.6 Å². The first-order valence-electron chi connectivity index (χ1n) is 13.9. The van der Waals surface area contributed by atoms with E-state index in [2.05, 4.69) is 17.1 Å². The van der Waals surface area contributed by atoms with Crippen molar-refractivity contribution in [2.45, 2.75) is 22.5 Å². The number of nitrogens with zero attached hydrogens (tertiary/aromatic N) is 4. The number of hydrogen-bond acceptors (Lipinski definition) is 7. The van der Waals surface area contributed by atoms with Crippen LogP contribution >= 0.6 is 11.8 Å². The summed E-state index contributed by atoms with van der Waals surface area (Å²) in [6.07, 6.45) is 8.54. The molecule has 5 atom stereocenters. The third-order valence-electron chi connectivity index (χ3n) is 8.66. The third kappa shape index (κ3) is 4.61. The topological polar surface area (TPSA) is 93.6 Å². The number of benzene rings is 1. The summed E-state index contributed by atoms with van der Waals surface area (Å²) in [5, 5.41) is 9.41. The van der Waals surface area contributed by atoms with Crippen molar-refractivity contribution in [2.75, 3.05) is 70.5 Å². The number of para-hydroxylation sites is 1. The van der Waals surface area contributed by atoms with Gasteiger partial charge in [0.25, 0.3) is 0 Å². The maximum absolute atomic E-state index is 14.3. The zero-order valence-corrected chi connectivity index (χ0v) is 22.9. The molecule has 3 saturated heterocycles. The molecule has 9 nitrogen and oxygen atoms in total. The molecule has 10 heteroatoms. The Bertz CT molecular complexity index is 1160. The summed E-state index contributed by atoms with van der Waals surface area (Å²) in [6.45, 7) is 5.57. The smallest absolute Gasteiger partial charge is 0.247 e. The van der Waals surface area contributed by atoms with Crippen LogP contribution < -0.4 is 4.90 Å². The highest BCUT2D eigenvalue weighted by Gasteiger charge is 2.70. The van der Waals surface area contributed by atoms with Crippen LogP contribution in [0.5, 0.6) is 0 Å². The summed E-state index contributed by atoms with van der Waals surface area (Å²) < 4.78 is 4.63. The molecule has 3 fully saturated rings. The molecule has 0 radical (unpaired) electrons. The highest BCUT2D eigenvalue weighted by molar-refractivity contribution is 8.02. The van der Waals surface area contributed by atoms with Crippen LogP contribution in [-0.2, 0) is 19.1 Å². The van der Waals surface area contributed by atoms with Crippen molar-refractivity contribution in [3.8, 4) is 0 Å². The van der Waals surface area contributed by atoms with Crippen LogP contribution in [0.3, 0.4) is 0 Å². The standard InChI is InChI=1S/C29H36N4O5S/c34-18-6-13-33-25-28(37)31(15-14-30-16-19-38-20-17-30)11-5-10-29(25)24(27(33)36)23-22(39-29)9-4-12-32(26(23)35)21-7-2-1-3-8-21/h1-5,7-10,22-25,34H,6,11-20H2/t22-,23+,24-,25?,29-/m0/s1. The number of carbonyl (C=O) groups excluding carboxylic acids is 3. The number of hydrogen-bond donors (Lipinski definition) is 1. The van der Waals surface area contributed by atoms with Crippen molar-refractivity contribution in [1.82, 2.24) is 14.7 Å². The zero-order valence-electron chi connectivity index (χ0n) is 22.1. The number of likely N-dealkylation sites (tertiary alicyclic amines) is 1. The first-order chi connectivity index (χ1) is 19.0. The third-order valence-corrected chi connectivity index (χ3v) is 10.4. The highest BCUT2D eigenvalue weighted by atomic mass is 32.2. The fourth-order valence-corrected chi connectivity index (χ4v) is 8.80. The lowest BCUT2D eigenvalue weighted by molar-refractivity contribution is -0.142. The molecule has 0 saturated carbocycles. The van der Waals surface area contributed by atoms with E-state index in [0.29, 0.717) is 45.8 Å². The molecule has 208 valence electrons. The van der Waals surface area contributed by atoms with Gasteiger partial charge in [-0.05, 0) is 18.6 Å². The molecule has 5 aliphatic rings. The van der Waals surface area contributed by atoms with Crippen LogP contribution in [0.4, 0.5) is 5.69 Å². The molecule has 1 aromatic rings. The van der Waals surface area contributed by atoms with E-state index in [-0.39, 0.29) is 29.6 Å². The Hall–Kier alpha value is -2.66. The van der Waals surface area contributed by atoms with Gasteiger partial charge < -0.3 is 24.5 Å². The van der Waals surface area contributed by atoms with Crippen molar-refractivity contribution in [2.24, 2.45) is 11.8 Å². The molecule has 1 unspecified atom stereocenters. The molecular formula is C29H36N4O5S. The second-order valence-corrected chi connectivity index (χ2v) is 12.3. The number of carbonyl (C=O) groups is 3. The van der Waals surface area contributed by atoms with Crippen molar-refractivity contribution in [1.29, 1.82) is 0 Å². The van der Waals surface area contributed by atoms with E-state index in [1.807, 2.05) is 47.4 Å². The van der Waals surface area contributed by atoms with Crippen LogP contribution in [0.25, 0.3) is 0 Å². The van der Waals surface area contributed by atoms with Gasteiger partial charge in [0.2, 0.25) is 17.7 Å². The minimum Gasteiger partial charge on any atom is -0.396 e. The van der Waals surface area contributed by atoms with Crippen molar-refractivity contribution >= 4 is 35.2 Å². The summed E-state index contributed by atoms with van der Waals surface area (Å²) in [7, 11) is 0. The maximum Gasteiger partial charge on any atom is 0.247 e. The van der Waals surface area contributed by atoms with Crippen LogP contribution in [0.2, 0.25) is 0 Å². The van der Waals surface area contributed by atoms with E-state index in [1.165, 1.54) is 0 Å². The number of thioether (sulfide) groups is 1. The Balaban J connectivity index is 1.33. The molecule has 5 heterocycles. The summed E-state index contributed by atoms with van der Waals surface area (Å²) in [5.74, 6) is -1.51. The van der Waals surface area contributed by atoms with Crippen molar-refractivity contribution in [3.05, 3.63) is 54.6 Å². The van der Waals surface area contributed by atoms with E-state index in [0.717, 1.165) is 25.3 Å². The quantitative estimate of drug-likeness (QED) is 0.505. The van der Waals surface area contributed by atoms with Crippen molar-refractivity contribution < 1.29 is 24.2 Å². The van der Waals surface area contributed by atoms with Gasteiger partial charge in [0.05, 0.1) is 29.8 Å². The predicted molar refractivity (Wildman–Crippen MR) is 149 cm³/mol. The average Bonchev–Trinajstić information content (AvgIpc) is 3.27. The lowest BCUT2D eigenvalue weighted by atomic mass is 9.78. The normalized spacial score (nSPS) is 32.7. The second kappa shape index (κ2) is 11.1. The Kier molecular flexibility index (Phi) is 7.54. The molecule has 0 aromatic heterocycles. The van der Waals surface area contributed by atoms with Crippen molar-refractivity contribution in [3.63, 3.8) is 0 Å². The number of aliphatic hydroxyl groups is 1. The summed E-state index contributed by atoms with van der Waals surface area (Å²) in [4.78, 5) is 50.2. The molecule has 0 bridgehead atoms. The fraction of sp³-hybridized carbons (Fsp3) is 0.552. The molecule has 39 heavy (non-hydrogen) atoms. The second-order valence-electron chi connectivity index (χ2n) is 10.8. The minimum atomic E-state index is -0.827. The van der Waals surface area contributed by atoms with Gasteiger partial charge in [-0.2, -0.15) is 0 Å². The van der Waals surface area contributed by atoms with Crippen LogP contribution in [-0.4, -0.2) is 119 Å². The molecular weight excluding hydrogens is 516 g/mol. The molecule has 1 aromatic carbocycles. The van der Waals surface area contributed by atoms with Gasteiger partial charge in [-0.3, -0.25) is 19.3 Å². The van der Waals surface area contributed by atoms with Gasteiger partial charge in [0, 0.05) is 63.4 Å². The number of aliphatic hydroxyl groups excluding tert-OH is 1. The van der Waals surface area contributed by atoms with Gasteiger partial charge >= 0.3 is 0 Å². The Morgan fingerprint density at radius 2 is 1.74 bits per heavy atom. The SMILES string of the molecule is O=C1C2N(CCCO)C(=O)[C@@H]3[C@@H]4C(=O)N(c5ccccc5)CC=C[C@@H]4S[C@]23C=CCN1CCN1CCOCC1. The van der Waals surface area contributed by atoms with Gasteiger partial charge in [-0.1, -0.05) is 42.5 Å². The Morgan fingerprint density at radius 3 is 2.51 bits per heavy atom. The van der Waals surface area contributed by atoms with Gasteiger partial charge in [0.1, 0.15) is 6.04 Å². The van der Waals surface area contributed by atoms with E-state index in [9.17, 15) is 19.5 Å². The number of ether oxygens (including phenoxy) is 1. The fourth-order valence-electron chi connectivity index (χ4n) is 6.79. The number of anilines is 1. The molecule has 1 spiro atoms. The minimum absolute atomic E-state index is 0.0673. The molecule has 3 amide bonds. The van der Waals surface area contributed by atoms with E-state index in [4.69, 9.17) is 4.74 Å². The van der Waals surface area contributed by atoms with E-state index < -0.39 is 22.6 Å². The number of fused-ring (bicyclic) bond motifs is 2. The van der Waals surface area contributed by atoms with Crippen LogP contribution in [0, 0.1) is 11.8 Å². The average molecular weight is 553 g/mol. The predicted octanol–water partition coefficient (Wildman–Crippen LogP) is 1.000. The lowest BCUT2D eigenvalue weighted by Gasteiger charge is -2.36.